The molecule has 0 spiro atoms. The SMILES string of the molecule is COc1ccc(N2CCN(C(=O)CC3C(=O)NCCN3S(=O)(=O)c3ccc(NC(C)=O)cc3)CC2)cc1. The number of carbonyl (C=O) groups is 3. The smallest absolute Gasteiger partial charge is 0.243 e. The second-order valence-corrected chi connectivity index (χ2v) is 10.8. The van der Waals surface area contributed by atoms with Crippen molar-refractivity contribution in [1.29, 1.82) is 0 Å². The summed E-state index contributed by atoms with van der Waals surface area (Å²) in [4.78, 5) is 40.9. The molecule has 2 fully saturated rings. The highest BCUT2D eigenvalue weighted by atomic mass is 32.2. The Kier molecular flexibility index (Phi) is 7.98. The van der Waals surface area contributed by atoms with Crippen molar-refractivity contribution in [3.8, 4) is 5.75 Å². The molecule has 2 aliphatic rings. The third-order valence-corrected chi connectivity index (χ3v) is 8.42. The van der Waals surface area contributed by atoms with Gasteiger partial charge < -0.3 is 25.2 Å². The minimum absolute atomic E-state index is 0.0122. The summed E-state index contributed by atoms with van der Waals surface area (Å²) >= 11 is 0. The molecule has 0 saturated carbocycles. The number of hydrogen-bond acceptors (Lipinski definition) is 7. The van der Waals surface area contributed by atoms with Crippen LogP contribution in [-0.2, 0) is 24.4 Å². The summed E-state index contributed by atoms with van der Waals surface area (Å²) in [6, 6.07) is 12.3. The van der Waals surface area contributed by atoms with Gasteiger partial charge in [-0.15, -0.1) is 0 Å². The van der Waals surface area contributed by atoms with Crippen LogP contribution < -0.4 is 20.3 Å². The van der Waals surface area contributed by atoms with Gasteiger partial charge in [-0.2, -0.15) is 4.31 Å². The van der Waals surface area contributed by atoms with E-state index in [1.165, 1.54) is 31.2 Å². The summed E-state index contributed by atoms with van der Waals surface area (Å²) in [6.07, 6.45) is -0.239. The Morgan fingerprint density at radius 3 is 2.24 bits per heavy atom. The molecule has 2 saturated heterocycles. The van der Waals surface area contributed by atoms with E-state index in [-0.39, 0.29) is 36.2 Å². The van der Waals surface area contributed by atoms with Gasteiger partial charge in [-0.05, 0) is 48.5 Å². The maximum absolute atomic E-state index is 13.4. The molecule has 198 valence electrons. The van der Waals surface area contributed by atoms with Gasteiger partial charge in [0.05, 0.1) is 18.4 Å². The van der Waals surface area contributed by atoms with E-state index in [1.54, 1.807) is 12.0 Å². The monoisotopic (exact) mass is 529 g/mol. The lowest BCUT2D eigenvalue weighted by molar-refractivity contribution is -0.137. The molecule has 3 amide bonds. The molecule has 2 aromatic carbocycles. The molecule has 1 atom stereocenters. The Morgan fingerprint density at radius 1 is 1.00 bits per heavy atom. The second kappa shape index (κ2) is 11.2. The third kappa shape index (κ3) is 6.03. The number of benzene rings is 2. The number of anilines is 2. The van der Waals surface area contributed by atoms with E-state index >= 15 is 0 Å². The lowest BCUT2D eigenvalue weighted by atomic mass is 10.1. The molecular weight excluding hydrogens is 498 g/mol. The van der Waals surface area contributed by atoms with E-state index in [9.17, 15) is 22.8 Å². The molecule has 12 heteroatoms. The highest BCUT2D eigenvalue weighted by molar-refractivity contribution is 7.89. The number of hydrogen-bond donors (Lipinski definition) is 2. The summed E-state index contributed by atoms with van der Waals surface area (Å²) in [5, 5.41) is 5.27. The zero-order valence-corrected chi connectivity index (χ0v) is 21.7. The number of carbonyl (C=O) groups excluding carboxylic acids is 3. The van der Waals surface area contributed by atoms with Crippen molar-refractivity contribution >= 4 is 39.1 Å². The number of amides is 3. The van der Waals surface area contributed by atoms with E-state index in [0.29, 0.717) is 31.9 Å². The zero-order chi connectivity index (χ0) is 26.6. The van der Waals surface area contributed by atoms with Gasteiger partial charge >= 0.3 is 0 Å². The Morgan fingerprint density at radius 2 is 1.65 bits per heavy atom. The Labute approximate surface area is 216 Å². The van der Waals surface area contributed by atoms with Crippen LogP contribution in [0, 0.1) is 0 Å². The number of methoxy groups -OCH3 is 1. The van der Waals surface area contributed by atoms with Gasteiger partial charge in [0.1, 0.15) is 11.8 Å². The summed E-state index contributed by atoms with van der Waals surface area (Å²) in [6.45, 7) is 3.76. The van der Waals surface area contributed by atoms with Crippen molar-refractivity contribution < 1.29 is 27.5 Å². The van der Waals surface area contributed by atoms with Gasteiger partial charge in [0.25, 0.3) is 0 Å². The fourth-order valence-electron chi connectivity index (χ4n) is 4.53. The van der Waals surface area contributed by atoms with Gasteiger partial charge in [0.15, 0.2) is 0 Å². The van der Waals surface area contributed by atoms with Crippen molar-refractivity contribution in [2.45, 2.75) is 24.3 Å². The van der Waals surface area contributed by atoms with Crippen molar-refractivity contribution in [2.75, 3.05) is 56.6 Å². The lowest BCUT2D eigenvalue weighted by Crippen LogP contribution is -2.59. The summed E-state index contributed by atoms with van der Waals surface area (Å²) in [5.41, 5.74) is 1.49. The fraction of sp³-hybridized carbons (Fsp3) is 0.400. The van der Waals surface area contributed by atoms with Crippen molar-refractivity contribution in [1.82, 2.24) is 14.5 Å². The minimum Gasteiger partial charge on any atom is -0.497 e. The van der Waals surface area contributed by atoms with E-state index < -0.39 is 22.0 Å². The molecule has 2 N–H and O–H groups in total. The Bertz CT molecular complexity index is 1240. The van der Waals surface area contributed by atoms with Crippen LogP contribution in [0.3, 0.4) is 0 Å². The standard InChI is InChI=1S/C25H31N5O6S/c1-18(31)27-19-3-9-22(10-4-19)37(34,35)30-12-11-26-25(33)23(30)17-24(32)29-15-13-28(14-16-29)20-5-7-21(36-2)8-6-20/h3-10,23H,11-17H2,1-2H3,(H,26,33)(H,27,31). The van der Waals surface area contributed by atoms with Crippen LogP contribution in [-0.4, -0.2) is 87.8 Å². The predicted molar refractivity (Wildman–Crippen MR) is 138 cm³/mol. The lowest BCUT2D eigenvalue weighted by Gasteiger charge is -2.38. The van der Waals surface area contributed by atoms with Crippen molar-refractivity contribution in [3.63, 3.8) is 0 Å². The number of rotatable bonds is 7. The molecule has 4 rings (SSSR count). The maximum atomic E-state index is 13.4. The van der Waals surface area contributed by atoms with Gasteiger partial charge in [0.2, 0.25) is 27.7 Å². The Balaban J connectivity index is 1.42. The highest BCUT2D eigenvalue weighted by Gasteiger charge is 2.40. The molecule has 2 aromatic rings. The molecule has 0 radical (unpaired) electrons. The number of nitrogens with one attached hydrogen (secondary N) is 2. The van der Waals surface area contributed by atoms with E-state index in [0.717, 1.165) is 15.7 Å². The quantitative estimate of drug-likeness (QED) is 0.545. The average molecular weight is 530 g/mol. The van der Waals surface area contributed by atoms with E-state index in [4.69, 9.17) is 4.74 Å². The number of ether oxygens (including phenoxy) is 1. The first-order valence-corrected chi connectivity index (χ1v) is 13.5. The third-order valence-electron chi connectivity index (χ3n) is 6.50. The number of piperazine rings is 2. The summed E-state index contributed by atoms with van der Waals surface area (Å²) in [5.74, 6) is -0.259. The number of sulfonamides is 1. The van der Waals surface area contributed by atoms with Gasteiger partial charge in [-0.3, -0.25) is 14.4 Å². The first kappa shape index (κ1) is 26.4. The van der Waals surface area contributed by atoms with Gasteiger partial charge in [0, 0.05) is 57.6 Å². The molecule has 37 heavy (non-hydrogen) atoms. The van der Waals surface area contributed by atoms with Crippen LogP contribution in [0.2, 0.25) is 0 Å². The van der Waals surface area contributed by atoms with Crippen molar-refractivity contribution in [3.05, 3.63) is 48.5 Å². The maximum Gasteiger partial charge on any atom is 0.243 e. The molecule has 2 heterocycles. The molecule has 0 aliphatic carbocycles. The highest BCUT2D eigenvalue weighted by Crippen LogP contribution is 2.25. The largest absolute Gasteiger partial charge is 0.497 e. The average Bonchev–Trinajstić information content (AvgIpc) is 2.90. The molecule has 0 aromatic heterocycles. The molecule has 11 nitrogen and oxygen atoms in total. The first-order valence-electron chi connectivity index (χ1n) is 12.0. The molecule has 2 aliphatic heterocycles. The van der Waals surface area contributed by atoms with Crippen LogP contribution in [0.15, 0.2) is 53.4 Å². The topological polar surface area (TPSA) is 128 Å². The second-order valence-electron chi connectivity index (χ2n) is 8.90. The zero-order valence-electron chi connectivity index (χ0n) is 20.8. The van der Waals surface area contributed by atoms with Crippen LogP contribution in [0.25, 0.3) is 0 Å². The van der Waals surface area contributed by atoms with Crippen molar-refractivity contribution in [2.24, 2.45) is 0 Å². The Hall–Kier alpha value is -3.64. The van der Waals surface area contributed by atoms with E-state index in [2.05, 4.69) is 15.5 Å². The van der Waals surface area contributed by atoms with Crippen LogP contribution in [0.4, 0.5) is 11.4 Å². The summed E-state index contributed by atoms with van der Waals surface area (Å²) in [7, 11) is -2.43. The minimum atomic E-state index is -4.05. The fourth-order valence-corrected chi connectivity index (χ4v) is 6.11. The first-order chi connectivity index (χ1) is 17.7. The van der Waals surface area contributed by atoms with Crippen LogP contribution >= 0.6 is 0 Å². The number of nitrogens with zero attached hydrogens (tertiary/aromatic N) is 3. The van der Waals surface area contributed by atoms with Crippen LogP contribution in [0.5, 0.6) is 5.75 Å². The summed E-state index contributed by atoms with van der Waals surface area (Å²) < 4.78 is 33.1. The molecule has 0 bridgehead atoms. The molecule has 1 unspecified atom stereocenters. The normalized spacial score (nSPS) is 18.8. The van der Waals surface area contributed by atoms with Gasteiger partial charge in [-0.1, -0.05) is 0 Å². The van der Waals surface area contributed by atoms with Crippen LogP contribution in [0.1, 0.15) is 13.3 Å². The predicted octanol–water partition coefficient (Wildman–Crippen LogP) is 0.882. The van der Waals surface area contributed by atoms with E-state index in [1.807, 2.05) is 24.3 Å². The van der Waals surface area contributed by atoms with Gasteiger partial charge in [-0.25, -0.2) is 8.42 Å². The molecular formula is C25H31N5O6S.